The van der Waals surface area contributed by atoms with Crippen LogP contribution in [0.5, 0.6) is 0 Å². The molecule has 17 heavy (non-hydrogen) atoms. The molecule has 0 unspecified atom stereocenters. The molecule has 0 amide bonds. The van der Waals surface area contributed by atoms with Gasteiger partial charge in [0.05, 0.1) is 0 Å². The highest BCUT2D eigenvalue weighted by molar-refractivity contribution is 7.69. The van der Waals surface area contributed by atoms with Crippen molar-refractivity contribution in [1.29, 1.82) is 0 Å². The third kappa shape index (κ3) is 2.98. The average molecular weight is 322 g/mol. The normalized spacial score (nSPS) is 11.5. The van der Waals surface area contributed by atoms with Crippen LogP contribution < -0.4 is 5.19 Å². The Balaban J connectivity index is 2.69. The fourth-order valence-corrected chi connectivity index (χ4v) is 4.29. The summed E-state index contributed by atoms with van der Waals surface area (Å²) in [6, 6.07) is 12.2. The van der Waals surface area contributed by atoms with Crippen LogP contribution in [0.1, 0.15) is 0 Å². The van der Waals surface area contributed by atoms with Gasteiger partial charge in [-0.1, -0.05) is 54.1 Å². The maximum atomic E-state index is 6.22. The Kier molecular flexibility index (Phi) is 4.06. The average Bonchev–Trinajstić information content (AvgIpc) is 2.28. The summed E-state index contributed by atoms with van der Waals surface area (Å²) in [5, 5.41) is 1.33. The molecule has 0 aliphatic rings. The van der Waals surface area contributed by atoms with Gasteiger partial charge in [0.2, 0.25) is 0 Å². The standard InChI is InChI=1S/C12H8Cl4Si/c13-10-7-4-8-11(17(14,15)16)12(10)9-5-2-1-3-6-9/h1-8H. The third-order valence-electron chi connectivity index (χ3n) is 2.38. The molecule has 0 heterocycles. The van der Waals surface area contributed by atoms with E-state index >= 15 is 0 Å². The van der Waals surface area contributed by atoms with Gasteiger partial charge in [-0.25, -0.2) is 0 Å². The molecule has 0 saturated carbocycles. The molecule has 0 aliphatic heterocycles. The van der Waals surface area contributed by atoms with Crippen LogP contribution in [-0.2, 0) is 0 Å². The van der Waals surface area contributed by atoms with Crippen LogP contribution in [0.2, 0.25) is 5.02 Å². The van der Waals surface area contributed by atoms with Gasteiger partial charge in [0.15, 0.2) is 0 Å². The van der Waals surface area contributed by atoms with Crippen molar-refractivity contribution in [3.05, 3.63) is 53.6 Å². The molecule has 0 bridgehead atoms. The molecule has 2 aromatic rings. The Hall–Kier alpha value is -0.183. The highest BCUT2D eigenvalue weighted by Crippen LogP contribution is 2.31. The highest BCUT2D eigenvalue weighted by Gasteiger charge is 2.32. The summed E-state index contributed by atoms with van der Waals surface area (Å²) in [7, 11) is 0. The zero-order valence-corrected chi connectivity index (χ0v) is 12.7. The van der Waals surface area contributed by atoms with Gasteiger partial charge in [-0.05, 0) is 16.8 Å². The number of rotatable bonds is 2. The van der Waals surface area contributed by atoms with Gasteiger partial charge in [-0.2, -0.15) is 0 Å². The molecule has 2 aromatic carbocycles. The Morgan fingerprint density at radius 2 is 1.41 bits per heavy atom. The van der Waals surface area contributed by atoms with E-state index in [1.165, 1.54) is 0 Å². The Labute approximate surface area is 120 Å². The van der Waals surface area contributed by atoms with Crippen molar-refractivity contribution in [1.82, 2.24) is 0 Å². The second kappa shape index (κ2) is 5.21. The summed E-state index contributed by atoms with van der Waals surface area (Å²) in [4.78, 5) is 0. The molecule has 2 rings (SSSR count). The summed E-state index contributed by atoms with van der Waals surface area (Å²) < 4.78 is 0. The van der Waals surface area contributed by atoms with Crippen LogP contribution in [-0.4, -0.2) is 6.00 Å². The first kappa shape index (κ1) is 13.3. The molecule has 0 aliphatic carbocycles. The molecule has 0 N–H and O–H groups in total. The fourth-order valence-electron chi connectivity index (χ4n) is 1.66. The first-order valence-corrected chi connectivity index (χ1v) is 10.3. The Bertz CT molecular complexity index is 520. The molecule has 0 radical (unpaired) electrons. The summed E-state index contributed by atoms with van der Waals surface area (Å²) in [5.74, 6) is 0. The van der Waals surface area contributed by atoms with Crippen molar-refractivity contribution in [2.75, 3.05) is 0 Å². The molecule has 5 heteroatoms. The van der Waals surface area contributed by atoms with E-state index in [-0.39, 0.29) is 0 Å². The second-order valence-corrected chi connectivity index (χ2v) is 12.3. The monoisotopic (exact) mass is 320 g/mol. The highest BCUT2D eigenvalue weighted by atomic mass is 35.8. The van der Waals surface area contributed by atoms with Gasteiger partial charge in [0.25, 0.3) is 0 Å². The van der Waals surface area contributed by atoms with E-state index in [9.17, 15) is 0 Å². The summed E-state index contributed by atoms with van der Waals surface area (Å²) in [6.07, 6.45) is 0. The zero-order valence-electron chi connectivity index (χ0n) is 8.63. The van der Waals surface area contributed by atoms with Crippen LogP contribution in [0, 0.1) is 0 Å². The van der Waals surface area contributed by atoms with Crippen molar-refractivity contribution in [2.45, 2.75) is 0 Å². The molecular formula is C12H8Cl4Si. The lowest BCUT2D eigenvalue weighted by Crippen LogP contribution is -2.32. The predicted octanol–water partition coefficient (Wildman–Crippen LogP) is 4.87. The van der Waals surface area contributed by atoms with E-state index in [1.54, 1.807) is 12.1 Å². The molecule has 0 spiro atoms. The first-order valence-electron chi connectivity index (χ1n) is 4.91. The van der Waals surface area contributed by atoms with Crippen LogP contribution in [0.25, 0.3) is 11.1 Å². The smallest absolute Gasteiger partial charge is 0.121 e. The van der Waals surface area contributed by atoms with Crippen molar-refractivity contribution in [3.63, 3.8) is 0 Å². The Morgan fingerprint density at radius 3 is 2.00 bits per heavy atom. The van der Waals surface area contributed by atoms with Crippen LogP contribution in [0.3, 0.4) is 0 Å². The van der Waals surface area contributed by atoms with Crippen molar-refractivity contribution >= 4 is 56.0 Å². The second-order valence-electron chi connectivity index (χ2n) is 3.53. The van der Waals surface area contributed by atoms with Crippen molar-refractivity contribution in [3.8, 4) is 11.1 Å². The van der Waals surface area contributed by atoms with Crippen LogP contribution in [0.4, 0.5) is 0 Å². The lowest BCUT2D eigenvalue weighted by molar-refractivity contribution is 1.64. The number of benzene rings is 2. The largest absolute Gasteiger partial charge is 0.373 e. The van der Waals surface area contributed by atoms with Gasteiger partial charge in [-0.3, -0.25) is 0 Å². The van der Waals surface area contributed by atoms with Gasteiger partial charge in [0, 0.05) is 10.6 Å². The van der Waals surface area contributed by atoms with Gasteiger partial charge in [-0.15, -0.1) is 33.2 Å². The quantitative estimate of drug-likeness (QED) is 0.547. The van der Waals surface area contributed by atoms with E-state index in [0.29, 0.717) is 5.02 Å². The van der Waals surface area contributed by atoms with E-state index in [1.807, 2.05) is 36.4 Å². The zero-order chi connectivity index (χ0) is 12.5. The molecule has 0 atom stereocenters. The third-order valence-corrected chi connectivity index (χ3v) is 5.56. The van der Waals surface area contributed by atoms with Gasteiger partial charge >= 0.3 is 6.00 Å². The molecule has 0 nitrogen and oxygen atoms in total. The summed E-state index contributed by atoms with van der Waals surface area (Å²) in [6.45, 7) is 0. The molecule has 0 fully saturated rings. The molecule has 0 aromatic heterocycles. The van der Waals surface area contributed by atoms with Gasteiger partial charge < -0.3 is 0 Å². The lowest BCUT2D eigenvalue weighted by atomic mass is 10.1. The maximum Gasteiger partial charge on any atom is 0.373 e. The summed E-state index contributed by atoms with van der Waals surface area (Å²) in [5.41, 5.74) is 1.79. The SMILES string of the molecule is Clc1cccc([Si](Cl)(Cl)Cl)c1-c1ccccc1. The summed E-state index contributed by atoms with van der Waals surface area (Å²) >= 11 is 24.5. The maximum absolute atomic E-state index is 6.22. The lowest BCUT2D eigenvalue weighted by Gasteiger charge is -2.15. The van der Waals surface area contributed by atoms with E-state index in [2.05, 4.69) is 0 Å². The molecular weight excluding hydrogens is 314 g/mol. The molecule has 0 saturated heterocycles. The first-order chi connectivity index (χ1) is 8.00. The Morgan fingerprint density at radius 1 is 0.765 bits per heavy atom. The molecule has 88 valence electrons. The number of halogens is 4. The minimum absolute atomic E-state index is 0.604. The van der Waals surface area contributed by atoms with Gasteiger partial charge in [0.1, 0.15) is 0 Å². The van der Waals surface area contributed by atoms with Crippen LogP contribution in [0.15, 0.2) is 48.5 Å². The predicted molar refractivity (Wildman–Crippen MR) is 79.8 cm³/mol. The van der Waals surface area contributed by atoms with Crippen molar-refractivity contribution < 1.29 is 0 Å². The van der Waals surface area contributed by atoms with E-state index in [4.69, 9.17) is 44.8 Å². The topological polar surface area (TPSA) is 0 Å². The fraction of sp³-hybridized carbons (Fsp3) is 0. The minimum atomic E-state index is -2.96. The number of hydrogen-bond acceptors (Lipinski definition) is 0. The minimum Gasteiger partial charge on any atom is -0.121 e. The number of hydrogen-bond donors (Lipinski definition) is 0. The van der Waals surface area contributed by atoms with E-state index < -0.39 is 6.00 Å². The van der Waals surface area contributed by atoms with Crippen molar-refractivity contribution in [2.24, 2.45) is 0 Å². The van der Waals surface area contributed by atoms with E-state index in [0.717, 1.165) is 16.3 Å². The van der Waals surface area contributed by atoms with Crippen LogP contribution >= 0.6 is 44.8 Å².